The molecule has 1 aliphatic carbocycles. The number of nitrogens with one attached hydrogen (secondary N) is 1. The van der Waals surface area contributed by atoms with Crippen molar-refractivity contribution in [2.24, 2.45) is 10.4 Å². The van der Waals surface area contributed by atoms with Gasteiger partial charge >= 0.3 is 0 Å². The molecule has 1 saturated carbocycles. The van der Waals surface area contributed by atoms with Crippen LogP contribution in [0.25, 0.3) is 0 Å². The number of nitrogens with zero attached hydrogens (tertiary/aromatic N) is 2. The molecule has 0 bridgehead atoms. The van der Waals surface area contributed by atoms with Crippen LogP contribution in [0.2, 0.25) is 0 Å². The van der Waals surface area contributed by atoms with E-state index in [0.717, 1.165) is 19.6 Å². The van der Waals surface area contributed by atoms with E-state index < -0.39 is 0 Å². The van der Waals surface area contributed by atoms with E-state index in [0.29, 0.717) is 11.5 Å². The Bertz CT molecular complexity index is 295. The summed E-state index contributed by atoms with van der Waals surface area (Å²) < 4.78 is 0. The molecule has 0 amide bonds. The van der Waals surface area contributed by atoms with E-state index in [2.05, 4.69) is 31.1 Å². The Morgan fingerprint density at radius 1 is 1.39 bits per heavy atom. The SMILES string of the molecule is CC(C)N(C)CCNC1=NCC2(CCCC2)CS1. The molecule has 1 aliphatic heterocycles. The summed E-state index contributed by atoms with van der Waals surface area (Å²) in [7, 11) is 2.18. The second-order valence-electron chi connectivity index (χ2n) is 6.12. The van der Waals surface area contributed by atoms with Gasteiger partial charge in [-0.05, 0) is 39.2 Å². The number of likely N-dealkylation sites (N-methyl/N-ethyl adjacent to an activating group) is 1. The summed E-state index contributed by atoms with van der Waals surface area (Å²) in [4.78, 5) is 7.12. The van der Waals surface area contributed by atoms with Crippen molar-refractivity contribution in [1.82, 2.24) is 10.2 Å². The molecule has 18 heavy (non-hydrogen) atoms. The van der Waals surface area contributed by atoms with E-state index in [1.54, 1.807) is 0 Å². The lowest BCUT2D eigenvalue weighted by Gasteiger charge is -2.31. The van der Waals surface area contributed by atoms with Gasteiger partial charge in [-0.1, -0.05) is 24.6 Å². The van der Waals surface area contributed by atoms with Crippen molar-refractivity contribution in [3.05, 3.63) is 0 Å². The minimum Gasteiger partial charge on any atom is -0.364 e. The smallest absolute Gasteiger partial charge is 0.156 e. The first-order valence-corrected chi connectivity index (χ1v) is 8.21. The molecule has 1 heterocycles. The van der Waals surface area contributed by atoms with E-state index in [1.165, 1.54) is 36.6 Å². The fourth-order valence-electron chi connectivity index (χ4n) is 2.68. The van der Waals surface area contributed by atoms with Crippen LogP contribution in [0, 0.1) is 5.41 Å². The largest absolute Gasteiger partial charge is 0.364 e. The third kappa shape index (κ3) is 3.64. The molecule has 0 atom stereocenters. The molecule has 1 N–H and O–H groups in total. The summed E-state index contributed by atoms with van der Waals surface area (Å²) in [6.45, 7) is 7.62. The van der Waals surface area contributed by atoms with Gasteiger partial charge in [-0.2, -0.15) is 0 Å². The first-order valence-electron chi connectivity index (χ1n) is 7.23. The number of aliphatic imine (C=N–C) groups is 1. The van der Waals surface area contributed by atoms with E-state index in [9.17, 15) is 0 Å². The standard InChI is InChI=1S/C14H27N3S/c1-12(2)17(3)9-8-15-13-16-10-14(11-18-13)6-4-5-7-14/h12H,4-11H2,1-3H3,(H,15,16). The monoisotopic (exact) mass is 269 g/mol. The van der Waals surface area contributed by atoms with Gasteiger partial charge in [-0.3, -0.25) is 4.99 Å². The molecule has 0 saturated heterocycles. The second kappa shape index (κ2) is 6.29. The van der Waals surface area contributed by atoms with Crippen molar-refractivity contribution in [2.45, 2.75) is 45.6 Å². The van der Waals surface area contributed by atoms with Crippen LogP contribution in [-0.2, 0) is 0 Å². The lowest BCUT2D eigenvalue weighted by molar-refractivity contribution is 0.278. The summed E-state index contributed by atoms with van der Waals surface area (Å²) in [5.74, 6) is 1.28. The number of hydrogen-bond acceptors (Lipinski definition) is 4. The van der Waals surface area contributed by atoms with Gasteiger partial charge in [0.1, 0.15) is 0 Å². The topological polar surface area (TPSA) is 27.6 Å². The van der Waals surface area contributed by atoms with Crippen LogP contribution in [0.5, 0.6) is 0 Å². The van der Waals surface area contributed by atoms with Crippen molar-refractivity contribution in [2.75, 3.05) is 32.4 Å². The average Bonchev–Trinajstić information content (AvgIpc) is 2.80. The first kappa shape index (κ1) is 14.2. The quantitative estimate of drug-likeness (QED) is 0.850. The van der Waals surface area contributed by atoms with E-state index in [-0.39, 0.29) is 0 Å². The number of rotatable bonds is 4. The normalized spacial score (nSPS) is 22.8. The van der Waals surface area contributed by atoms with Crippen LogP contribution >= 0.6 is 11.8 Å². The van der Waals surface area contributed by atoms with Crippen molar-refractivity contribution in [3.63, 3.8) is 0 Å². The van der Waals surface area contributed by atoms with Crippen LogP contribution < -0.4 is 5.32 Å². The highest BCUT2D eigenvalue weighted by Gasteiger charge is 2.36. The van der Waals surface area contributed by atoms with Crippen LogP contribution in [0.1, 0.15) is 39.5 Å². The Hall–Kier alpha value is -0.220. The molecular formula is C14H27N3S. The fourth-order valence-corrected chi connectivity index (χ4v) is 3.87. The number of thioether (sulfide) groups is 1. The molecule has 1 fully saturated rings. The van der Waals surface area contributed by atoms with Gasteiger partial charge in [0, 0.05) is 31.4 Å². The van der Waals surface area contributed by atoms with Gasteiger partial charge in [-0.15, -0.1) is 0 Å². The maximum Gasteiger partial charge on any atom is 0.156 e. The zero-order valence-corrected chi connectivity index (χ0v) is 12.9. The van der Waals surface area contributed by atoms with E-state index in [1.807, 2.05) is 11.8 Å². The molecule has 0 unspecified atom stereocenters. The third-order valence-corrected chi connectivity index (χ3v) is 5.66. The molecule has 0 aromatic carbocycles. The molecule has 3 nitrogen and oxygen atoms in total. The molecule has 0 radical (unpaired) electrons. The minimum atomic E-state index is 0.560. The molecule has 0 aromatic rings. The summed E-state index contributed by atoms with van der Waals surface area (Å²) in [5, 5.41) is 4.66. The Labute approximate surface area is 116 Å². The van der Waals surface area contributed by atoms with Crippen molar-refractivity contribution in [1.29, 1.82) is 0 Å². The Morgan fingerprint density at radius 2 is 2.11 bits per heavy atom. The van der Waals surface area contributed by atoms with Crippen LogP contribution in [-0.4, -0.2) is 48.5 Å². The molecule has 1 spiro atoms. The molecule has 4 heteroatoms. The van der Waals surface area contributed by atoms with Gasteiger partial charge in [0.05, 0.1) is 0 Å². The highest BCUT2D eigenvalue weighted by atomic mass is 32.2. The van der Waals surface area contributed by atoms with E-state index >= 15 is 0 Å². The summed E-state index contributed by atoms with van der Waals surface area (Å²) in [6.07, 6.45) is 5.62. The van der Waals surface area contributed by atoms with Gasteiger partial charge in [0.2, 0.25) is 0 Å². The second-order valence-corrected chi connectivity index (χ2v) is 7.08. The van der Waals surface area contributed by atoms with E-state index in [4.69, 9.17) is 4.99 Å². The lowest BCUT2D eigenvalue weighted by atomic mass is 9.89. The highest BCUT2D eigenvalue weighted by molar-refractivity contribution is 8.13. The number of hydrogen-bond donors (Lipinski definition) is 1. The van der Waals surface area contributed by atoms with Crippen LogP contribution in [0.4, 0.5) is 0 Å². The average molecular weight is 269 g/mol. The zero-order valence-electron chi connectivity index (χ0n) is 12.0. The molecule has 0 aromatic heterocycles. The zero-order chi connectivity index (χ0) is 13.0. The molecule has 2 aliphatic rings. The molecule has 104 valence electrons. The molecule has 2 rings (SSSR count). The first-order chi connectivity index (χ1) is 8.61. The molecular weight excluding hydrogens is 242 g/mol. The maximum atomic E-state index is 4.76. The third-order valence-electron chi connectivity index (χ3n) is 4.36. The lowest BCUT2D eigenvalue weighted by Crippen LogP contribution is -2.38. The van der Waals surface area contributed by atoms with Gasteiger partial charge in [0.15, 0.2) is 5.17 Å². The fraction of sp³-hybridized carbons (Fsp3) is 0.929. The van der Waals surface area contributed by atoms with Gasteiger partial charge in [-0.25, -0.2) is 0 Å². The number of amidine groups is 1. The summed E-state index contributed by atoms with van der Waals surface area (Å²) in [6, 6.07) is 0.620. The minimum absolute atomic E-state index is 0.560. The Morgan fingerprint density at radius 3 is 2.67 bits per heavy atom. The van der Waals surface area contributed by atoms with Crippen molar-refractivity contribution < 1.29 is 0 Å². The summed E-state index contributed by atoms with van der Waals surface area (Å²) in [5.41, 5.74) is 0.560. The summed E-state index contributed by atoms with van der Waals surface area (Å²) >= 11 is 1.94. The predicted octanol–water partition coefficient (Wildman–Crippen LogP) is 2.58. The van der Waals surface area contributed by atoms with Crippen molar-refractivity contribution in [3.8, 4) is 0 Å². The van der Waals surface area contributed by atoms with Gasteiger partial charge < -0.3 is 10.2 Å². The van der Waals surface area contributed by atoms with Crippen LogP contribution in [0.15, 0.2) is 4.99 Å². The Balaban J connectivity index is 1.70. The van der Waals surface area contributed by atoms with Crippen molar-refractivity contribution >= 4 is 16.9 Å². The highest BCUT2D eigenvalue weighted by Crippen LogP contribution is 2.43. The Kier molecular flexibility index (Phi) is 4.96. The van der Waals surface area contributed by atoms with Crippen LogP contribution in [0.3, 0.4) is 0 Å². The maximum absolute atomic E-state index is 4.76. The predicted molar refractivity (Wildman–Crippen MR) is 81.4 cm³/mol. The van der Waals surface area contributed by atoms with Gasteiger partial charge in [0.25, 0.3) is 0 Å².